The van der Waals surface area contributed by atoms with E-state index in [0.29, 0.717) is 17.2 Å². The number of rotatable bonds is 5. The maximum absolute atomic E-state index is 11.3. The number of methoxy groups -OCH3 is 1. The molecule has 3 aromatic rings. The molecule has 0 bridgehead atoms. The van der Waals surface area contributed by atoms with Crippen LogP contribution in [0, 0.1) is 0 Å². The summed E-state index contributed by atoms with van der Waals surface area (Å²) in [4.78, 5) is 16.5. The summed E-state index contributed by atoms with van der Waals surface area (Å²) in [6, 6.07) is 10.6. The molecule has 0 aliphatic rings. The van der Waals surface area contributed by atoms with Crippen molar-refractivity contribution in [3.05, 3.63) is 59.4 Å². The average molecular weight is 315 g/mol. The first-order valence-electron chi connectivity index (χ1n) is 6.56. The van der Waals surface area contributed by atoms with Gasteiger partial charge < -0.3 is 13.9 Å². The highest BCUT2D eigenvalue weighted by atomic mass is 32.1. The number of carbonyl (C=O) groups excluding carboxylic acids is 1. The van der Waals surface area contributed by atoms with Gasteiger partial charge in [-0.15, -0.1) is 11.3 Å². The van der Waals surface area contributed by atoms with Crippen LogP contribution < -0.4 is 4.74 Å². The number of hydrogen-bond acceptors (Lipinski definition) is 6. The van der Waals surface area contributed by atoms with E-state index in [9.17, 15) is 4.79 Å². The Morgan fingerprint density at radius 3 is 2.77 bits per heavy atom. The molecule has 0 N–H and O–H groups in total. The lowest BCUT2D eigenvalue weighted by Crippen LogP contribution is -2.01. The SMILES string of the molecule is COC(=O)c1ccc(OCc2ncc(-c3cccs3)o2)cc1. The summed E-state index contributed by atoms with van der Waals surface area (Å²) >= 11 is 1.59. The lowest BCUT2D eigenvalue weighted by atomic mass is 10.2. The first-order chi connectivity index (χ1) is 10.8. The van der Waals surface area contributed by atoms with Crippen molar-refractivity contribution in [1.29, 1.82) is 0 Å². The Morgan fingerprint density at radius 1 is 1.27 bits per heavy atom. The van der Waals surface area contributed by atoms with E-state index in [1.807, 2.05) is 17.5 Å². The summed E-state index contributed by atoms with van der Waals surface area (Å²) in [5.74, 6) is 1.48. The second kappa shape index (κ2) is 6.44. The monoisotopic (exact) mass is 315 g/mol. The van der Waals surface area contributed by atoms with Crippen LogP contribution in [0.15, 0.2) is 52.4 Å². The van der Waals surface area contributed by atoms with E-state index in [2.05, 4.69) is 9.72 Å². The van der Waals surface area contributed by atoms with Gasteiger partial charge in [-0.1, -0.05) is 6.07 Å². The first kappa shape index (κ1) is 14.3. The fraction of sp³-hybridized carbons (Fsp3) is 0.125. The van der Waals surface area contributed by atoms with Crippen molar-refractivity contribution in [1.82, 2.24) is 4.98 Å². The summed E-state index contributed by atoms with van der Waals surface area (Å²) < 4.78 is 15.9. The Kier molecular flexibility index (Phi) is 4.20. The van der Waals surface area contributed by atoms with E-state index in [1.165, 1.54) is 7.11 Å². The minimum Gasteiger partial charge on any atom is -0.484 e. The van der Waals surface area contributed by atoms with Crippen LogP contribution in [-0.4, -0.2) is 18.1 Å². The topological polar surface area (TPSA) is 61.6 Å². The largest absolute Gasteiger partial charge is 0.484 e. The van der Waals surface area contributed by atoms with Gasteiger partial charge in [0, 0.05) is 0 Å². The van der Waals surface area contributed by atoms with Gasteiger partial charge in [0.1, 0.15) is 5.75 Å². The van der Waals surface area contributed by atoms with Crippen LogP contribution in [0.4, 0.5) is 0 Å². The standard InChI is InChI=1S/C16H13NO4S/c1-19-16(18)11-4-6-12(7-5-11)20-10-15-17-9-13(21-15)14-3-2-8-22-14/h2-9H,10H2,1H3. The Hall–Kier alpha value is -2.60. The second-order valence-electron chi connectivity index (χ2n) is 4.40. The van der Waals surface area contributed by atoms with E-state index in [4.69, 9.17) is 9.15 Å². The molecule has 0 aliphatic heterocycles. The number of esters is 1. The van der Waals surface area contributed by atoms with Crippen LogP contribution in [0.1, 0.15) is 16.2 Å². The molecule has 22 heavy (non-hydrogen) atoms. The van der Waals surface area contributed by atoms with Crippen LogP contribution in [0.5, 0.6) is 5.75 Å². The molecule has 0 amide bonds. The molecule has 2 aromatic heterocycles. The van der Waals surface area contributed by atoms with Gasteiger partial charge in [-0.2, -0.15) is 0 Å². The molecule has 112 valence electrons. The van der Waals surface area contributed by atoms with E-state index >= 15 is 0 Å². The second-order valence-corrected chi connectivity index (χ2v) is 5.35. The average Bonchev–Trinajstić information content (AvgIpc) is 3.23. The number of thiophene rings is 1. The van der Waals surface area contributed by atoms with Gasteiger partial charge in [-0.25, -0.2) is 9.78 Å². The summed E-state index contributed by atoms with van der Waals surface area (Å²) in [5, 5.41) is 1.98. The Bertz CT molecular complexity index is 747. The van der Waals surface area contributed by atoms with Crippen molar-refractivity contribution in [2.45, 2.75) is 6.61 Å². The van der Waals surface area contributed by atoms with Gasteiger partial charge in [0.15, 0.2) is 12.4 Å². The van der Waals surface area contributed by atoms with E-state index < -0.39 is 0 Å². The third kappa shape index (κ3) is 3.17. The number of aromatic nitrogens is 1. The lowest BCUT2D eigenvalue weighted by Gasteiger charge is -2.04. The van der Waals surface area contributed by atoms with Crippen LogP contribution >= 0.6 is 11.3 Å². The Labute approximate surface area is 131 Å². The molecule has 2 heterocycles. The molecule has 0 unspecified atom stereocenters. The highest BCUT2D eigenvalue weighted by Crippen LogP contribution is 2.25. The zero-order valence-electron chi connectivity index (χ0n) is 11.8. The summed E-state index contributed by atoms with van der Waals surface area (Å²) in [6.45, 7) is 0.225. The van der Waals surface area contributed by atoms with Crippen LogP contribution in [-0.2, 0) is 11.3 Å². The highest BCUT2D eigenvalue weighted by molar-refractivity contribution is 7.13. The molecule has 0 atom stereocenters. The molecule has 3 rings (SSSR count). The van der Waals surface area contributed by atoms with Crippen molar-refractivity contribution in [3.8, 4) is 16.4 Å². The fourth-order valence-corrected chi connectivity index (χ4v) is 2.53. The van der Waals surface area contributed by atoms with E-state index in [0.717, 1.165) is 10.6 Å². The normalized spacial score (nSPS) is 10.4. The molecular formula is C16H13NO4S. The Morgan fingerprint density at radius 2 is 2.09 bits per heavy atom. The molecular weight excluding hydrogens is 302 g/mol. The summed E-state index contributed by atoms with van der Waals surface area (Å²) in [7, 11) is 1.35. The molecule has 0 fully saturated rings. The number of hydrogen-bond donors (Lipinski definition) is 0. The number of ether oxygens (including phenoxy) is 2. The lowest BCUT2D eigenvalue weighted by molar-refractivity contribution is 0.0600. The van der Waals surface area contributed by atoms with Gasteiger partial charge in [-0.3, -0.25) is 0 Å². The predicted molar refractivity (Wildman–Crippen MR) is 81.9 cm³/mol. The summed E-state index contributed by atoms with van der Waals surface area (Å²) in [5.41, 5.74) is 0.478. The van der Waals surface area contributed by atoms with Crippen LogP contribution in [0.2, 0.25) is 0 Å². The third-order valence-electron chi connectivity index (χ3n) is 2.96. The highest BCUT2D eigenvalue weighted by Gasteiger charge is 2.08. The van der Waals surface area contributed by atoms with Crippen LogP contribution in [0.25, 0.3) is 10.6 Å². The number of benzene rings is 1. The molecule has 5 nitrogen and oxygen atoms in total. The van der Waals surface area contributed by atoms with Gasteiger partial charge in [0.25, 0.3) is 0 Å². The molecule has 0 radical (unpaired) electrons. The predicted octanol–water partition coefficient (Wildman–Crippen LogP) is 3.77. The maximum atomic E-state index is 11.3. The van der Waals surface area contributed by atoms with E-state index in [1.54, 1.807) is 41.8 Å². The van der Waals surface area contributed by atoms with Gasteiger partial charge in [0.2, 0.25) is 5.89 Å². The number of nitrogens with zero attached hydrogens (tertiary/aromatic N) is 1. The van der Waals surface area contributed by atoms with Gasteiger partial charge in [-0.05, 0) is 35.7 Å². The molecule has 6 heteroatoms. The zero-order chi connectivity index (χ0) is 15.4. The van der Waals surface area contributed by atoms with Crippen molar-refractivity contribution < 1.29 is 18.7 Å². The third-order valence-corrected chi connectivity index (χ3v) is 3.84. The smallest absolute Gasteiger partial charge is 0.337 e. The molecule has 1 aromatic carbocycles. The minimum absolute atomic E-state index is 0.225. The fourth-order valence-electron chi connectivity index (χ4n) is 1.86. The molecule has 0 saturated carbocycles. The van der Waals surface area contributed by atoms with E-state index in [-0.39, 0.29) is 12.6 Å². The van der Waals surface area contributed by atoms with Gasteiger partial charge in [0.05, 0.1) is 23.7 Å². The quantitative estimate of drug-likeness (QED) is 0.671. The number of oxazole rings is 1. The van der Waals surface area contributed by atoms with Crippen molar-refractivity contribution in [2.24, 2.45) is 0 Å². The van der Waals surface area contributed by atoms with Crippen LogP contribution in [0.3, 0.4) is 0 Å². The van der Waals surface area contributed by atoms with Crippen molar-refractivity contribution in [3.63, 3.8) is 0 Å². The van der Waals surface area contributed by atoms with Crippen molar-refractivity contribution in [2.75, 3.05) is 7.11 Å². The first-order valence-corrected chi connectivity index (χ1v) is 7.44. The minimum atomic E-state index is -0.375. The molecule has 0 saturated heterocycles. The Balaban J connectivity index is 1.62. The maximum Gasteiger partial charge on any atom is 0.337 e. The summed E-state index contributed by atoms with van der Waals surface area (Å²) in [6.07, 6.45) is 1.69. The number of carbonyl (C=O) groups is 1. The zero-order valence-corrected chi connectivity index (χ0v) is 12.6. The molecule has 0 aliphatic carbocycles. The van der Waals surface area contributed by atoms with Crippen molar-refractivity contribution >= 4 is 17.3 Å². The molecule has 0 spiro atoms. The van der Waals surface area contributed by atoms with Gasteiger partial charge >= 0.3 is 5.97 Å².